The van der Waals surface area contributed by atoms with Crippen LogP contribution < -0.4 is 0 Å². The summed E-state index contributed by atoms with van der Waals surface area (Å²) in [6.45, 7) is 0. The van der Waals surface area contributed by atoms with Crippen molar-refractivity contribution >= 4 is 7.28 Å². The lowest BCUT2D eigenvalue weighted by Crippen LogP contribution is -1.89. The number of nitrogens with zero attached hydrogens (tertiary/aromatic N) is 2. The third kappa shape index (κ3) is 1.24. The Kier molecular flexibility index (Phi) is 1.45. The molecule has 0 N–H and O–H groups in total. The predicted octanol–water partition coefficient (Wildman–Crippen LogP) is 0.841. The molecule has 1 fully saturated rings. The summed E-state index contributed by atoms with van der Waals surface area (Å²) in [7, 11) is 1.08. The molecule has 0 saturated carbocycles. The first-order valence-corrected chi connectivity index (χ1v) is 3.07. The standard InChI is InChI=1S/C6H7BN2/c8-3-1-6(2-4-9)5-7-6/h7H,1-2,5H2. The molecule has 0 bridgehead atoms. The van der Waals surface area contributed by atoms with Gasteiger partial charge in [0.25, 0.3) is 0 Å². The van der Waals surface area contributed by atoms with E-state index in [9.17, 15) is 0 Å². The van der Waals surface area contributed by atoms with Gasteiger partial charge in [-0.3, -0.25) is 0 Å². The number of nitriles is 2. The molecule has 0 aromatic heterocycles. The Bertz CT molecular complexity index is 164. The molecule has 44 valence electrons. The van der Waals surface area contributed by atoms with Crippen LogP contribution >= 0.6 is 0 Å². The summed E-state index contributed by atoms with van der Waals surface area (Å²) < 4.78 is 0. The van der Waals surface area contributed by atoms with E-state index in [4.69, 9.17) is 10.5 Å². The molecule has 1 rings (SSSR count). The van der Waals surface area contributed by atoms with Gasteiger partial charge >= 0.3 is 0 Å². The van der Waals surface area contributed by atoms with Gasteiger partial charge in [-0.1, -0.05) is 6.32 Å². The minimum absolute atomic E-state index is 0.128. The summed E-state index contributed by atoms with van der Waals surface area (Å²) in [6.07, 6.45) is 2.22. The van der Waals surface area contributed by atoms with Crippen molar-refractivity contribution in [2.45, 2.75) is 24.5 Å². The van der Waals surface area contributed by atoms with Crippen LogP contribution in [0.25, 0.3) is 0 Å². The Morgan fingerprint density at radius 2 is 1.78 bits per heavy atom. The van der Waals surface area contributed by atoms with E-state index in [1.54, 1.807) is 0 Å². The molecule has 2 nitrogen and oxygen atoms in total. The Morgan fingerprint density at radius 3 is 2.00 bits per heavy atom. The maximum Gasteiger partial charge on any atom is 0.129 e. The molecule has 0 aromatic carbocycles. The molecule has 9 heavy (non-hydrogen) atoms. The van der Waals surface area contributed by atoms with Crippen LogP contribution in [0.4, 0.5) is 0 Å². The fraction of sp³-hybridized carbons (Fsp3) is 0.667. The fourth-order valence-electron chi connectivity index (χ4n) is 0.928. The highest BCUT2D eigenvalue weighted by molar-refractivity contribution is 6.54. The van der Waals surface area contributed by atoms with Gasteiger partial charge in [0.2, 0.25) is 0 Å². The molecule has 1 heterocycles. The molecule has 1 aliphatic heterocycles. The van der Waals surface area contributed by atoms with Crippen molar-refractivity contribution in [2.75, 3.05) is 0 Å². The van der Waals surface area contributed by atoms with E-state index in [2.05, 4.69) is 12.1 Å². The second kappa shape index (κ2) is 2.11. The van der Waals surface area contributed by atoms with Gasteiger partial charge in [-0.25, -0.2) is 0 Å². The van der Waals surface area contributed by atoms with Crippen molar-refractivity contribution in [3.05, 3.63) is 0 Å². The zero-order valence-corrected chi connectivity index (χ0v) is 5.22. The first kappa shape index (κ1) is 6.17. The molecule has 3 heteroatoms. The molecule has 0 radical (unpaired) electrons. The lowest BCUT2D eigenvalue weighted by atomic mass is 9.83. The first-order chi connectivity index (χ1) is 4.33. The minimum atomic E-state index is 0.128. The molecule has 0 aromatic rings. The first-order valence-electron chi connectivity index (χ1n) is 3.07. The van der Waals surface area contributed by atoms with Gasteiger partial charge in [-0.05, 0) is 5.31 Å². The molecular weight excluding hydrogens is 111 g/mol. The maximum absolute atomic E-state index is 8.31. The lowest BCUT2D eigenvalue weighted by Gasteiger charge is -2.01. The summed E-state index contributed by atoms with van der Waals surface area (Å²) in [4.78, 5) is 0. The fourth-order valence-corrected chi connectivity index (χ4v) is 0.928. The van der Waals surface area contributed by atoms with Gasteiger partial charge < -0.3 is 0 Å². The van der Waals surface area contributed by atoms with Crippen molar-refractivity contribution in [3.8, 4) is 12.1 Å². The van der Waals surface area contributed by atoms with Crippen LogP contribution in [0.5, 0.6) is 0 Å². The third-order valence-corrected chi connectivity index (χ3v) is 1.87. The van der Waals surface area contributed by atoms with Gasteiger partial charge in [-0.2, -0.15) is 10.5 Å². The van der Waals surface area contributed by atoms with Gasteiger partial charge in [0.1, 0.15) is 7.28 Å². The van der Waals surface area contributed by atoms with Gasteiger partial charge in [0, 0.05) is 12.8 Å². The largest absolute Gasteiger partial charge is 0.198 e. The summed E-state index contributed by atoms with van der Waals surface area (Å²) in [5.41, 5.74) is 0. The van der Waals surface area contributed by atoms with Gasteiger partial charge in [0.15, 0.2) is 0 Å². The molecular formula is C6H7BN2. The zero-order valence-electron chi connectivity index (χ0n) is 5.22. The molecule has 0 spiro atoms. The minimum Gasteiger partial charge on any atom is -0.198 e. The van der Waals surface area contributed by atoms with Crippen molar-refractivity contribution in [3.63, 3.8) is 0 Å². The number of rotatable bonds is 2. The van der Waals surface area contributed by atoms with E-state index in [-0.39, 0.29) is 5.31 Å². The van der Waals surface area contributed by atoms with Crippen LogP contribution in [0.2, 0.25) is 11.6 Å². The van der Waals surface area contributed by atoms with Crippen LogP contribution in [0, 0.1) is 22.7 Å². The highest BCUT2D eigenvalue weighted by Gasteiger charge is 2.43. The number of hydrogen-bond acceptors (Lipinski definition) is 2. The highest BCUT2D eigenvalue weighted by Crippen LogP contribution is 2.52. The molecule has 0 aliphatic carbocycles. The summed E-state index contributed by atoms with van der Waals surface area (Å²) in [5.74, 6) is 0. The van der Waals surface area contributed by atoms with E-state index >= 15 is 0 Å². The molecule has 1 aliphatic rings. The monoisotopic (exact) mass is 118 g/mol. The van der Waals surface area contributed by atoms with Crippen molar-refractivity contribution in [1.82, 2.24) is 0 Å². The van der Waals surface area contributed by atoms with Crippen LogP contribution in [-0.4, -0.2) is 7.28 Å². The van der Waals surface area contributed by atoms with Crippen LogP contribution in [0.3, 0.4) is 0 Å². The van der Waals surface area contributed by atoms with E-state index in [1.807, 2.05) is 0 Å². The molecule has 0 amide bonds. The smallest absolute Gasteiger partial charge is 0.129 e. The topological polar surface area (TPSA) is 47.6 Å². The predicted molar refractivity (Wildman–Crippen MR) is 35.1 cm³/mol. The van der Waals surface area contributed by atoms with Crippen LogP contribution in [-0.2, 0) is 0 Å². The quantitative estimate of drug-likeness (QED) is 0.504. The maximum atomic E-state index is 8.31. The average Bonchev–Trinajstić information content (AvgIpc) is 2.51. The average molecular weight is 118 g/mol. The SMILES string of the molecule is N#CCC1(CC#N)BC1. The van der Waals surface area contributed by atoms with Crippen LogP contribution in [0.15, 0.2) is 0 Å². The zero-order chi connectivity index (χ0) is 6.74. The normalized spacial score (nSPS) is 18.9. The van der Waals surface area contributed by atoms with E-state index in [0.717, 1.165) is 13.6 Å². The van der Waals surface area contributed by atoms with Crippen molar-refractivity contribution < 1.29 is 0 Å². The Hall–Kier alpha value is -0.955. The second-order valence-electron chi connectivity index (χ2n) is 2.67. The third-order valence-electron chi connectivity index (χ3n) is 1.87. The van der Waals surface area contributed by atoms with E-state index in [1.165, 1.54) is 0 Å². The van der Waals surface area contributed by atoms with Crippen molar-refractivity contribution in [1.29, 1.82) is 10.5 Å². The second-order valence-corrected chi connectivity index (χ2v) is 2.67. The molecule has 0 unspecified atom stereocenters. The highest BCUT2D eigenvalue weighted by atomic mass is 14.4. The summed E-state index contributed by atoms with van der Waals surface area (Å²) in [6, 6.07) is 4.21. The van der Waals surface area contributed by atoms with Gasteiger partial charge in [-0.15, -0.1) is 0 Å². The van der Waals surface area contributed by atoms with Crippen LogP contribution in [0.1, 0.15) is 12.8 Å². The molecule has 0 atom stereocenters. The molecule has 1 saturated heterocycles. The Labute approximate surface area is 55.3 Å². The van der Waals surface area contributed by atoms with Gasteiger partial charge in [0.05, 0.1) is 12.1 Å². The Morgan fingerprint density at radius 1 is 1.33 bits per heavy atom. The number of hydrogen-bond donors (Lipinski definition) is 0. The lowest BCUT2D eigenvalue weighted by molar-refractivity contribution is 0.727. The summed E-state index contributed by atoms with van der Waals surface area (Å²) in [5, 5.41) is 16.7. The van der Waals surface area contributed by atoms with E-state index in [0.29, 0.717) is 12.8 Å². The summed E-state index contributed by atoms with van der Waals surface area (Å²) >= 11 is 0. The van der Waals surface area contributed by atoms with E-state index < -0.39 is 0 Å². The Balaban J connectivity index is 2.38. The van der Waals surface area contributed by atoms with Crippen molar-refractivity contribution in [2.24, 2.45) is 0 Å².